The van der Waals surface area contributed by atoms with Crippen LogP contribution in [0.15, 0.2) is 48.5 Å². The molecule has 0 spiro atoms. The van der Waals surface area contributed by atoms with Gasteiger partial charge in [0, 0.05) is 5.56 Å². The van der Waals surface area contributed by atoms with Crippen LogP contribution in [0.4, 0.5) is 0 Å². The summed E-state index contributed by atoms with van der Waals surface area (Å²) in [6.07, 6.45) is 5.27. The average Bonchev–Trinajstić information content (AvgIpc) is 2.39. The maximum atomic E-state index is 10.9. The molecule has 0 radical (unpaired) electrons. The standard InChI is InChI=1S/C15H10O2/c1-2-11-6-8-12(9-7-11)13-4-3-5-14(10-13)15(16)17/h1,3-10H,(H,16,17). The van der Waals surface area contributed by atoms with Gasteiger partial charge in [-0.05, 0) is 35.4 Å². The van der Waals surface area contributed by atoms with Crippen molar-refractivity contribution in [2.75, 3.05) is 0 Å². The fourth-order valence-corrected chi connectivity index (χ4v) is 1.59. The van der Waals surface area contributed by atoms with Crippen LogP contribution in [0.1, 0.15) is 15.9 Å². The maximum absolute atomic E-state index is 10.9. The molecule has 0 fully saturated rings. The first-order valence-electron chi connectivity index (χ1n) is 5.11. The van der Waals surface area contributed by atoms with Crippen LogP contribution >= 0.6 is 0 Å². The SMILES string of the molecule is C#Cc1ccc(-c2cccc(C(=O)O)c2)cc1. The van der Waals surface area contributed by atoms with Gasteiger partial charge in [-0.3, -0.25) is 0 Å². The number of benzene rings is 2. The van der Waals surface area contributed by atoms with E-state index in [2.05, 4.69) is 5.92 Å². The molecule has 0 bridgehead atoms. The van der Waals surface area contributed by atoms with Gasteiger partial charge in [0.15, 0.2) is 0 Å². The molecule has 2 nitrogen and oxygen atoms in total. The van der Waals surface area contributed by atoms with Crippen LogP contribution in [0, 0.1) is 12.3 Å². The van der Waals surface area contributed by atoms with Crippen molar-refractivity contribution in [3.8, 4) is 23.5 Å². The molecular weight excluding hydrogens is 212 g/mol. The summed E-state index contributed by atoms with van der Waals surface area (Å²) in [6.45, 7) is 0. The Balaban J connectivity index is 2.42. The van der Waals surface area contributed by atoms with Crippen molar-refractivity contribution < 1.29 is 9.90 Å². The Bertz CT molecular complexity index is 589. The van der Waals surface area contributed by atoms with E-state index >= 15 is 0 Å². The molecule has 0 aliphatic heterocycles. The third-order valence-electron chi connectivity index (χ3n) is 2.49. The zero-order chi connectivity index (χ0) is 12.3. The number of rotatable bonds is 2. The van der Waals surface area contributed by atoms with Crippen LogP contribution in [0.2, 0.25) is 0 Å². The van der Waals surface area contributed by atoms with Gasteiger partial charge in [-0.1, -0.05) is 30.2 Å². The topological polar surface area (TPSA) is 37.3 Å². The highest BCUT2D eigenvalue weighted by atomic mass is 16.4. The second-order valence-electron chi connectivity index (χ2n) is 3.61. The average molecular weight is 222 g/mol. The summed E-state index contributed by atoms with van der Waals surface area (Å²) in [7, 11) is 0. The predicted octanol–water partition coefficient (Wildman–Crippen LogP) is 3.03. The Morgan fingerprint density at radius 3 is 2.35 bits per heavy atom. The molecule has 0 atom stereocenters. The summed E-state index contributed by atoms with van der Waals surface area (Å²) in [5.41, 5.74) is 2.91. The highest BCUT2D eigenvalue weighted by Gasteiger charge is 2.04. The van der Waals surface area contributed by atoms with Crippen LogP contribution in [0.5, 0.6) is 0 Å². The highest BCUT2D eigenvalue weighted by molar-refractivity contribution is 5.89. The molecule has 17 heavy (non-hydrogen) atoms. The van der Waals surface area contributed by atoms with Crippen LogP contribution in [-0.4, -0.2) is 11.1 Å². The number of hydrogen-bond acceptors (Lipinski definition) is 1. The van der Waals surface area contributed by atoms with Gasteiger partial charge >= 0.3 is 5.97 Å². The lowest BCUT2D eigenvalue weighted by molar-refractivity contribution is 0.0697. The van der Waals surface area contributed by atoms with Crippen molar-refractivity contribution >= 4 is 5.97 Å². The first kappa shape index (κ1) is 11.0. The van der Waals surface area contributed by atoms with Gasteiger partial charge in [0.1, 0.15) is 0 Å². The zero-order valence-electron chi connectivity index (χ0n) is 9.05. The predicted molar refractivity (Wildman–Crippen MR) is 66.8 cm³/mol. The number of aromatic carboxylic acids is 1. The first-order valence-corrected chi connectivity index (χ1v) is 5.11. The zero-order valence-corrected chi connectivity index (χ0v) is 9.05. The van der Waals surface area contributed by atoms with E-state index in [-0.39, 0.29) is 5.56 Å². The van der Waals surface area contributed by atoms with Crippen molar-refractivity contribution in [3.63, 3.8) is 0 Å². The molecule has 0 unspecified atom stereocenters. The Labute approximate surface area is 99.5 Å². The minimum absolute atomic E-state index is 0.281. The van der Waals surface area contributed by atoms with E-state index in [0.717, 1.165) is 16.7 Å². The van der Waals surface area contributed by atoms with Gasteiger partial charge in [0.05, 0.1) is 5.56 Å². The Hall–Kier alpha value is -2.53. The molecule has 0 amide bonds. The van der Waals surface area contributed by atoms with E-state index in [0.29, 0.717) is 0 Å². The largest absolute Gasteiger partial charge is 0.478 e. The second-order valence-corrected chi connectivity index (χ2v) is 3.61. The minimum Gasteiger partial charge on any atom is -0.478 e. The smallest absolute Gasteiger partial charge is 0.335 e. The second kappa shape index (κ2) is 4.54. The molecule has 0 aliphatic carbocycles. The van der Waals surface area contributed by atoms with Gasteiger partial charge in [-0.15, -0.1) is 6.42 Å². The van der Waals surface area contributed by atoms with E-state index in [4.69, 9.17) is 11.5 Å². The highest BCUT2D eigenvalue weighted by Crippen LogP contribution is 2.20. The first-order chi connectivity index (χ1) is 8.20. The van der Waals surface area contributed by atoms with E-state index in [1.54, 1.807) is 18.2 Å². The fraction of sp³-hybridized carbons (Fsp3) is 0. The van der Waals surface area contributed by atoms with Gasteiger partial charge in [0.2, 0.25) is 0 Å². The van der Waals surface area contributed by atoms with E-state index in [1.165, 1.54) is 0 Å². The Kier molecular flexibility index (Phi) is 2.93. The number of carbonyl (C=O) groups is 1. The molecule has 2 heteroatoms. The summed E-state index contributed by atoms with van der Waals surface area (Å²) in [6, 6.07) is 14.3. The third kappa shape index (κ3) is 2.35. The molecule has 0 aromatic heterocycles. The lowest BCUT2D eigenvalue weighted by atomic mass is 10.0. The molecule has 0 heterocycles. The molecule has 0 aliphatic rings. The summed E-state index contributed by atoms with van der Waals surface area (Å²) in [5.74, 6) is 1.62. The molecule has 0 saturated carbocycles. The molecule has 1 N–H and O–H groups in total. The number of hydrogen-bond donors (Lipinski definition) is 1. The van der Waals surface area contributed by atoms with Crippen molar-refractivity contribution in [2.45, 2.75) is 0 Å². The molecule has 2 aromatic rings. The molecular formula is C15H10O2. The lowest BCUT2D eigenvalue weighted by Crippen LogP contribution is -1.95. The molecule has 2 aromatic carbocycles. The van der Waals surface area contributed by atoms with Crippen molar-refractivity contribution in [2.24, 2.45) is 0 Å². The normalized spacial score (nSPS) is 9.59. The number of terminal acetylenes is 1. The third-order valence-corrected chi connectivity index (χ3v) is 2.49. The van der Waals surface area contributed by atoms with E-state index in [9.17, 15) is 4.79 Å². The lowest BCUT2D eigenvalue weighted by Gasteiger charge is -2.03. The number of carboxylic acid groups (broad SMARTS) is 1. The van der Waals surface area contributed by atoms with Gasteiger partial charge in [-0.2, -0.15) is 0 Å². The minimum atomic E-state index is -0.924. The van der Waals surface area contributed by atoms with Gasteiger partial charge in [0.25, 0.3) is 0 Å². The van der Waals surface area contributed by atoms with E-state index in [1.807, 2.05) is 30.3 Å². The Morgan fingerprint density at radius 1 is 1.06 bits per heavy atom. The summed E-state index contributed by atoms with van der Waals surface area (Å²) in [5, 5.41) is 8.91. The quantitative estimate of drug-likeness (QED) is 0.793. The summed E-state index contributed by atoms with van der Waals surface area (Å²) < 4.78 is 0. The van der Waals surface area contributed by atoms with Crippen LogP contribution in [0.25, 0.3) is 11.1 Å². The van der Waals surface area contributed by atoms with Crippen LogP contribution < -0.4 is 0 Å². The summed E-state index contributed by atoms with van der Waals surface area (Å²) >= 11 is 0. The van der Waals surface area contributed by atoms with E-state index < -0.39 is 5.97 Å². The Morgan fingerprint density at radius 2 is 1.76 bits per heavy atom. The molecule has 82 valence electrons. The monoisotopic (exact) mass is 222 g/mol. The molecule has 0 saturated heterocycles. The van der Waals surface area contributed by atoms with Crippen molar-refractivity contribution in [1.29, 1.82) is 0 Å². The molecule has 2 rings (SSSR count). The van der Waals surface area contributed by atoms with Gasteiger partial charge < -0.3 is 5.11 Å². The fourth-order valence-electron chi connectivity index (χ4n) is 1.59. The van der Waals surface area contributed by atoms with Gasteiger partial charge in [-0.25, -0.2) is 4.79 Å². The summed E-state index contributed by atoms with van der Waals surface area (Å²) in [4.78, 5) is 10.9. The van der Waals surface area contributed by atoms with Crippen molar-refractivity contribution in [1.82, 2.24) is 0 Å². The van der Waals surface area contributed by atoms with Crippen molar-refractivity contribution in [3.05, 3.63) is 59.7 Å². The number of carboxylic acids is 1. The maximum Gasteiger partial charge on any atom is 0.335 e. The van der Waals surface area contributed by atoms with Crippen LogP contribution in [-0.2, 0) is 0 Å². The van der Waals surface area contributed by atoms with Crippen LogP contribution in [0.3, 0.4) is 0 Å².